The first-order valence-electron chi connectivity index (χ1n) is 9.71. The molecule has 6 heteroatoms. The molecule has 2 N–H and O–H groups in total. The molecule has 144 valence electrons. The summed E-state index contributed by atoms with van der Waals surface area (Å²) in [4.78, 5) is 17.1. The minimum Gasteiger partial charge on any atom is -0.490 e. The molecule has 1 saturated carbocycles. The van der Waals surface area contributed by atoms with Gasteiger partial charge in [-0.15, -0.1) is 0 Å². The van der Waals surface area contributed by atoms with Crippen LogP contribution in [0.5, 0.6) is 5.75 Å². The average molecular weight is 361 g/mol. The molecule has 1 aromatic rings. The first-order valence-corrected chi connectivity index (χ1v) is 9.71. The lowest BCUT2D eigenvalue weighted by molar-refractivity contribution is 0.189. The van der Waals surface area contributed by atoms with E-state index in [9.17, 15) is 4.79 Å². The highest BCUT2D eigenvalue weighted by Gasteiger charge is 2.32. The maximum atomic E-state index is 12.4. The molecule has 1 saturated heterocycles. The summed E-state index contributed by atoms with van der Waals surface area (Å²) in [5.74, 6) is 0.727. The highest BCUT2D eigenvalue weighted by Crippen LogP contribution is 2.29. The largest absolute Gasteiger partial charge is 0.490 e. The minimum absolute atomic E-state index is 0.142. The number of amides is 2. The molecule has 1 aliphatic heterocycles. The third kappa shape index (κ3) is 5.61. The fourth-order valence-corrected chi connectivity index (χ4v) is 3.38. The molecule has 2 amide bonds. The van der Waals surface area contributed by atoms with Crippen LogP contribution in [0.2, 0.25) is 0 Å². The number of hydrogen-bond donors (Lipinski definition) is 2. The quantitative estimate of drug-likeness (QED) is 0.785. The number of aryl methyl sites for hydroxylation is 1. The molecular formula is C20H32N4O2. The van der Waals surface area contributed by atoms with E-state index in [2.05, 4.69) is 20.4 Å². The molecule has 0 unspecified atom stereocenters. The number of likely N-dealkylation sites (tertiary alicyclic amines) is 1. The second-order valence-corrected chi connectivity index (χ2v) is 7.79. The summed E-state index contributed by atoms with van der Waals surface area (Å²) in [7, 11) is 4.03. The van der Waals surface area contributed by atoms with Crippen molar-refractivity contribution in [3.05, 3.63) is 23.8 Å². The van der Waals surface area contributed by atoms with E-state index < -0.39 is 0 Å². The van der Waals surface area contributed by atoms with E-state index in [0.29, 0.717) is 6.61 Å². The molecule has 3 rings (SSSR count). The Morgan fingerprint density at radius 1 is 1.23 bits per heavy atom. The van der Waals surface area contributed by atoms with Gasteiger partial charge in [-0.25, -0.2) is 4.79 Å². The molecule has 2 fully saturated rings. The van der Waals surface area contributed by atoms with Gasteiger partial charge in [-0.1, -0.05) is 6.07 Å². The van der Waals surface area contributed by atoms with Gasteiger partial charge in [0, 0.05) is 31.7 Å². The van der Waals surface area contributed by atoms with Crippen LogP contribution in [0.4, 0.5) is 10.5 Å². The van der Waals surface area contributed by atoms with Gasteiger partial charge < -0.3 is 25.2 Å². The zero-order valence-electron chi connectivity index (χ0n) is 16.3. The maximum absolute atomic E-state index is 12.4. The van der Waals surface area contributed by atoms with Crippen molar-refractivity contribution in [1.29, 1.82) is 0 Å². The molecule has 26 heavy (non-hydrogen) atoms. The first-order chi connectivity index (χ1) is 12.5. The Morgan fingerprint density at radius 3 is 2.62 bits per heavy atom. The number of ether oxygens (including phenoxy) is 1. The lowest BCUT2D eigenvalue weighted by Crippen LogP contribution is -2.46. The van der Waals surface area contributed by atoms with E-state index in [1.807, 2.05) is 39.2 Å². The smallest absolute Gasteiger partial charge is 0.319 e. The van der Waals surface area contributed by atoms with Gasteiger partial charge in [-0.05, 0) is 64.4 Å². The number of nitrogens with zero attached hydrogens (tertiary/aromatic N) is 2. The number of anilines is 1. The standard InChI is InChI=1S/C20H32N4O2/c1-15-4-7-18(19(14-15)26-13-12-23(2)3)22-20(25)21-16-8-10-24(11-9-16)17-5-6-17/h4,7,14,16-17H,5-6,8-13H2,1-3H3,(H2,21,22,25). The van der Waals surface area contributed by atoms with E-state index in [4.69, 9.17) is 4.74 Å². The fraction of sp³-hybridized carbons (Fsp3) is 0.650. The Morgan fingerprint density at radius 2 is 1.96 bits per heavy atom. The molecule has 0 spiro atoms. The molecule has 6 nitrogen and oxygen atoms in total. The summed E-state index contributed by atoms with van der Waals surface area (Å²) in [6, 6.07) is 6.81. The van der Waals surface area contributed by atoms with E-state index in [1.165, 1.54) is 12.8 Å². The zero-order chi connectivity index (χ0) is 18.5. The Hall–Kier alpha value is -1.79. The number of likely N-dealkylation sites (N-methyl/N-ethyl adjacent to an activating group) is 1. The third-order valence-corrected chi connectivity index (χ3v) is 5.11. The highest BCUT2D eigenvalue weighted by molar-refractivity contribution is 5.91. The van der Waals surface area contributed by atoms with Gasteiger partial charge >= 0.3 is 6.03 Å². The Bertz CT molecular complexity index is 608. The number of carbonyl (C=O) groups is 1. The van der Waals surface area contributed by atoms with E-state index in [-0.39, 0.29) is 12.1 Å². The normalized spacial score (nSPS) is 18.8. The van der Waals surface area contributed by atoms with Crippen molar-refractivity contribution in [2.75, 3.05) is 45.7 Å². The number of carbonyl (C=O) groups excluding carboxylic acids is 1. The van der Waals surface area contributed by atoms with Crippen LogP contribution in [0.1, 0.15) is 31.2 Å². The van der Waals surface area contributed by atoms with Crippen LogP contribution < -0.4 is 15.4 Å². The fourth-order valence-electron chi connectivity index (χ4n) is 3.38. The Kier molecular flexibility index (Phi) is 6.38. The van der Waals surface area contributed by atoms with Crippen LogP contribution in [0.25, 0.3) is 0 Å². The zero-order valence-corrected chi connectivity index (χ0v) is 16.3. The van der Waals surface area contributed by atoms with Crippen LogP contribution >= 0.6 is 0 Å². The van der Waals surface area contributed by atoms with Crippen LogP contribution in [-0.2, 0) is 0 Å². The van der Waals surface area contributed by atoms with Gasteiger partial charge in [0.1, 0.15) is 12.4 Å². The van der Waals surface area contributed by atoms with Crippen LogP contribution in [0, 0.1) is 6.92 Å². The van der Waals surface area contributed by atoms with Gasteiger partial charge in [-0.2, -0.15) is 0 Å². The second kappa shape index (κ2) is 8.73. The molecule has 2 aliphatic rings. The highest BCUT2D eigenvalue weighted by atomic mass is 16.5. The second-order valence-electron chi connectivity index (χ2n) is 7.79. The minimum atomic E-state index is -0.142. The van der Waals surface area contributed by atoms with E-state index >= 15 is 0 Å². The summed E-state index contributed by atoms with van der Waals surface area (Å²) in [5.41, 5.74) is 1.84. The van der Waals surface area contributed by atoms with Crippen molar-refractivity contribution >= 4 is 11.7 Å². The molecule has 0 atom stereocenters. The molecular weight excluding hydrogens is 328 g/mol. The van der Waals surface area contributed by atoms with Crippen molar-refractivity contribution in [3.63, 3.8) is 0 Å². The van der Waals surface area contributed by atoms with Crippen molar-refractivity contribution in [1.82, 2.24) is 15.1 Å². The van der Waals surface area contributed by atoms with E-state index in [1.54, 1.807) is 0 Å². The average Bonchev–Trinajstić information content (AvgIpc) is 3.42. The first kappa shape index (κ1) is 19.0. The van der Waals surface area contributed by atoms with Crippen molar-refractivity contribution < 1.29 is 9.53 Å². The summed E-state index contributed by atoms with van der Waals surface area (Å²) >= 11 is 0. The van der Waals surface area contributed by atoms with E-state index in [0.717, 1.165) is 55.5 Å². The number of urea groups is 1. The molecule has 0 aromatic heterocycles. The van der Waals surface area contributed by atoms with Gasteiger partial charge in [-0.3, -0.25) is 0 Å². The van der Waals surface area contributed by atoms with Crippen LogP contribution in [-0.4, -0.2) is 68.3 Å². The molecule has 0 radical (unpaired) electrons. The SMILES string of the molecule is Cc1ccc(NC(=O)NC2CCN(C3CC3)CC2)c(OCCN(C)C)c1. The lowest BCUT2D eigenvalue weighted by Gasteiger charge is -2.32. The monoisotopic (exact) mass is 360 g/mol. The predicted octanol–water partition coefficient (Wildman–Crippen LogP) is 2.68. The van der Waals surface area contributed by atoms with Gasteiger partial charge in [0.2, 0.25) is 0 Å². The van der Waals surface area contributed by atoms with Crippen molar-refractivity contribution in [3.8, 4) is 5.75 Å². The number of benzene rings is 1. The lowest BCUT2D eigenvalue weighted by atomic mass is 10.1. The number of nitrogens with one attached hydrogen (secondary N) is 2. The number of piperidine rings is 1. The third-order valence-electron chi connectivity index (χ3n) is 5.11. The summed E-state index contributed by atoms with van der Waals surface area (Å²) in [6.45, 7) is 5.64. The molecule has 1 aromatic carbocycles. The molecule has 1 aliphatic carbocycles. The summed E-state index contributed by atoms with van der Waals surface area (Å²) < 4.78 is 5.88. The Labute approximate surface area is 156 Å². The van der Waals surface area contributed by atoms with Crippen molar-refractivity contribution in [2.45, 2.75) is 44.7 Å². The number of hydrogen-bond acceptors (Lipinski definition) is 4. The van der Waals surface area contributed by atoms with Gasteiger partial charge in [0.25, 0.3) is 0 Å². The Balaban J connectivity index is 1.50. The van der Waals surface area contributed by atoms with Crippen LogP contribution in [0.15, 0.2) is 18.2 Å². The maximum Gasteiger partial charge on any atom is 0.319 e. The number of rotatable bonds is 7. The molecule has 1 heterocycles. The summed E-state index contributed by atoms with van der Waals surface area (Å²) in [5, 5.41) is 6.09. The predicted molar refractivity (Wildman–Crippen MR) is 105 cm³/mol. The molecule has 0 bridgehead atoms. The van der Waals surface area contributed by atoms with Gasteiger partial charge in [0.05, 0.1) is 5.69 Å². The topological polar surface area (TPSA) is 56.8 Å². The van der Waals surface area contributed by atoms with Crippen molar-refractivity contribution in [2.24, 2.45) is 0 Å². The van der Waals surface area contributed by atoms with Crippen LogP contribution in [0.3, 0.4) is 0 Å². The van der Waals surface area contributed by atoms with Gasteiger partial charge in [0.15, 0.2) is 0 Å². The summed E-state index contributed by atoms with van der Waals surface area (Å²) in [6.07, 6.45) is 4.76.